The van der Waals surface area contributed by atoms with Gasteiger partial charge in [0.15, 0.2) is 0 Å². The molecule has 1 aromatic rings. The van der Waals surface area contributed by atoms with Crippen LogP contribution in [0.3, 0.4) is 0 Å². The maximum absolute atomic E-state index is 4.44. The largest absolute Gasteiger partial charge is 0.346 e. The Labute approximate surface area is 79.1 Å². The van der Waals surface area contributed by atoms with Crippen LogP contribution < -0.4 is 0 Å². The van der Waals surface area contributed by atoms with E-state index in [2.05, 4.69) is 36.0 Å². The third-order valence-corrected chi connectivity index (χ3v) is 2.91. The van der Waals surface area contributed by atoms with Crippen LogP contribution in [-0.4, -0.2) is 9.97 Å². The zero-order valence-electron chi connectivity index (χ0n) is 8.46. The first-order valence-electron chi connectivity index (χ1n) is 4.90. The van der Waals surface area contributed by atoms with Crippen LogP contribution in [0.25, 0.3) is 6.08 Å². The molecule has 0 aromatic carbocycles. The van der Waals surface area contributed by atoms with Crippen molar-refractivity contribution in [3.8, 4) is 0 Å². The fraction of sp³-hybridized carbons (Fsp3) is 0.545. The molecule has 0 bridgehead atoms. The van der Waals surface area contributed by atoms with Crippen LogP contribution in [-0.2, 0) is 6.42 Å². The van der Waals surface area contributed by atoms with Crippen molar-refractivity contribution in [1.29, 1.82) is 0 Å². The number of aromatic amines is 1. The molecule has 1 aliphatic carbocycles. The average molecular weight is 176 g/mol. The molecule has 0 spiro atoms. The van der Waals surface area contributed by atoms with Gasteiger partial charge in [-0.05, 0) is 31.3 Å². The third kappa shape index (κ3) is 1.53. The van der Waals surface area contributed by atoms with Crippen LogP contribution in [0.1, 0.15) is 31.1 Å². The molecule has 1 N–H and O–H groups in total. The van der Waals surface area contributed by atoms with E-state index in [4.69, 9.17) is 0 Å². The Hall–Kier alpha value is -1.05. The molecule has 2 atom stereocenters. The molecule has 2 heteroatoms. The number of imidazole rings is 1. The fourth-order valence-electron chi connectivity index (χ4n) is 1.79. The van der Waals surface area contributed by atoms with Gasteiger partial charge in [-0.15, -0.1) is 0 Å². The number of rotatable bonds is 0. The van der Waals surface area contributed by atoms with E-state index in [0.717, 1.165) is 17.9 Å². The van der Waals surface area contributed by atoms with Crippen LogP contribution in [0.2, 0.25) is 0 Å². The normalized spacial score (nSPS) is 27.0. The highest BCUT2D eigenvalue weighted by Crippen LogP contribution is 2.24. The lowest BCUT2D eigenvalue weighted by atomic mass is 9.93. The van der Waals surface area contributed by atoms with Gasteiger partial charge in [0, 0.05) is 5.69 Å². The molecule has 0 amide bonds. The predicted octanol–water partition coefficient (Wildman–Crippen LogP) is 2.56. The standard InChI is InChI=1S/C11H16N2/c1-7-4-5-10-11(6-8(7)2)13-9(3)12-10/h4-5,7-8H,6H2,1-3H3,(H,12,13). The van der Waals surface area contributed by atoms with Gasteiger partial charge in [-0.3, -0.25) is 0 Å². The summed E-state index contributed by atoms with van der Waals surface area (Å²) in [5, 5.41) is 0. The minimum Gasteiger partial charge on any atom is -0.346 e. The van der Waals surface area contributed by atoms with Crippen molar-refractivity contribution < 1.29 is 0 Å². The lowest BCUT2D eigenvalue weighted by molar-refractivity contribution is 0.458. The quantitative estimate of drug-likeness (QED) is 0.646. The van der Waals surface area contributed by atoms with Gasteiger partial charge in [-0.2, -0.15) is 0 Å². The van der Waals surface area contributed by atoms with Gasteiger partial charge >= 0.3 is 0 Å². The summed E-state index contributed by atoms with van der Waals surface area (Å²) in [4.78, 5) is 7.76. The fourth-order valence-corrected chi connectivity index (χ4v) is 1.79. The lowest BCUT2D eigenvalue weighted by Gasteiger charge is -2.13. The van der Waals surface area contributed by atoms with Gasteiger partial charge in [0.1, 0.15) is 5.82 Å². The average Bonchev–Trinajstić information content (AvgIpc) is 2.36. The first-order valence-corrected chi connectivity index (χ1v) is 4.90. The summed E-state index contributed by atoms with van der Waals surface area (Å²) in [6.07, 6.45) is 5.52. The molecule has 13 heavy (non-hydrogen) atoms. The Balaban J connectivity index is 2.39. The second kappa shape index (κ2) is 3.02. The molecule has 1 aliphatic rings. The van der Waals surface area contributed by atoms with Crippen LogP contribution in [0.15, 0.2) is 6.08 Å². The van der Waals surface area contributed by atoms with E-state index in [1.807, 2.05) is 6.92 Å². The molecule has 2 rings (SSSR count). The van der Waals surface area contributed by atoms with E-state index in [-0.39, 0.29) is 0 Å². The number of nitrogens with one attached hydrogen (secondary N) is 1. The number of hydrogen-bond donors (Lipinski definition) is 1. The van der Waals surface area contributed by atoms with E-state index in [0.29, 0.717) is 11.8 Å². The van der Waals surface area contributed by atoms with Gasteiger partial charge in [0.05, 0.1) is 5.69 Å². The van der Waals surface area contributed by atoms with E-state index in [9.17, 15) is 0 Å². The number of H-pyrrole nitrogens is 1. The maximum Gasteiger partial charge on any atom is 0.103 e. The molecule has 2 unspecified atom stereocenters. The van der Waals surface area contributed by atoms with E-state index >= 15 is 0 Å². The van der Waals surface area contributed by atoms with E-state index < -0.39 is 0 Å². The van der Waals surface area contributed by atoms with Gasteiger partial charge in [-0.1, -0.05) is 19.9 Å². The Bertz CT molecular complexity index is 336. The third-order valence-electron chi connectivity index (χ3n) is 2.91. The monoisotopic (exact) mass is 176 g/mol. The number of fused-ring (bicyclic) bond motifs is 1. The molecule has 1 aromatic heterocycles. The van der Waals surface area contributed by atoms with E-state index in [1.54, 1.807) is 0 Å². The molecular formula is C11H16N2. The van der Waals surface area contributed by atoms with Crippen molar-refractivity contribution in [1.82, 2.24) is 9.97 Å². The van der Waals surface area contributed by atoms with Crippen molar-refractivity contribution in [2.75, 3.05) is 0 Å². The van der Waals surface area contributed by atoms with Crippen molar-refractivity contribution in [3.05, 3.63) is 23.3 Å². The summed E-state index contributed by atoms with van der Waals surface area (Å²) in [5.74, 6) is 2.39. The number of allylic oxidation sites excluding steroid dienone is 1. The highest BCUT2D eigenvalue weighted by Gasteiger charge is 2.17. The minimum atomic E-state index is 0.655. The lowest BCUT2D eigenvalue weighted by Crippen LogP contribution is -2.07. The summed E-state index contributed by atoms with van der Waals surface area (Å²) < 4.78 is 0. The zero-order chi connectivity index (χ0) is 9.42. The van der Waals surface area contributed by atoms with Crippen LogP contribution >= 0.6 is 0 Å². The van der Waals surface area contributed by atoms with Crippen molar-refractivity contribution in [2.45, 2.75) is 27.2 Å². The second-order valence-electron chi connectivity index (χ2n) is 4.09. The Kier molecular flexibility index (Phi) is 1.98. The smallest absolute Gasteiger partial charge is 0.103 e. The van der Waals surface area contributed by atoms with Crippen molar-refractivity contribution in [2.24, 2.45) is 11.8 Å². The SMILES string of the molecule is Cc1nc2c([nH]1)CC(C)C(C)C=C2. The maximum atomic E-state index is 4.44. The molecule has 0 fully saturated rings. The van der Waals surface area contributed by atoms with Crippen molar-refractivity contribution in [3.63, 3.8) is 0 Å². The molecule has 0 radical (unpaired) electrons. The predicted molar refractivity (Wildman–Crippen MR) is 54.4 cm³/mol. The van der Waals surface area contributed by atoms with Crippen LogP contribution in [0.4, 0.5) is 0 Å². The number of nitrogens with zero attached hydrogens (tertiary/aromatic N) is 1. The van der Waals surface area contributed by atoms with Crippen LogP contribution in [0, 0.1) is 18.8 Å². The molecule has 70 valence electrons. The first-order chi connectivity index (χ1) is 6.16. The van der Waals surface area contributed by atoms with Crippen molar-refractivity contribution >= 4 is 6.08 Å². The molecule has 0 saturated heterocycles. The molecule has 0 aliphatic heterocycles. The van der Waals surface area contributed by atoms with E-state index in [1.165, 1.54) is 5.69 Å². The van der Waals surface area contributed by atoms with Gasteiger partial charge in [0.25, 0.3) is 0 Å². The highest BCUT2D eigenvalue weighted by atomic mass is 14.9. The molecule has 1 heterocycles. The Morgan fingerprint density at radius 2 is 2.23 bits per heavy atom. The summed E-state index contributed by atoms with van der Waals surface area (Å²) in [6.45, 7) is 6.57. The summed E-state index contributed by atoms with van der Waals surface area (Å²) in [5.41, 5.74) is 2.43. The number of aromatic nitrogens is 2. The van der Waals surface area contributed by atoms with Gasteiger partial charge in [-0.25, -0.2) is 4.98 Å². The summed E-state index contributed by atoms with van der Waals surface area (Å²) >= 11 is 0. The molecular weight excluding hydrogens is 160 g/mol. The zero-order valence-corrected chi connectivity index (χ0v) is 8.46. The number of hydrogen-bond acceptors (Lipinski definition) is 1. The van der Waals surface area contributed by atoms with Gasteiger partial charge < -0.3 is 4.98 Å². The topological polar surface area (TPSA) is 28.7 Å². The number of aryl methyl sites for hydroxylation is 1. The Morgan fingerprint density at radius 3 is 3.00 bits per heavy atom. The molecule has 0 saturated carbocycles. The Morgan fingerprint density at radius 1 is 1.46 bits per heavy atom. The summed E-state index contributed by atoms with van der Waals surface area (Å²) in [6, 6.07) is 0. The second-order valence-corrected chi connectivity index (χ2v) is 4.09. The summed E-state index contributed by atoms with van der Waals surface area (Å²) in [7, 11) is 0. The highest BCUT2D eigenvalue weighted by molar-refractivity contribution is 5.49. The molecule has 2 nitrogen and oxygen atoms in total. The minimum absolute atomic E-state index is 0.655. The van der Waals surface area contributed by atoms with Gasteiger partial charge in [0.2, 0.25) is 0 Å². The first kappa shape index (κ1) is 8.54. The van der Waals surface area contributed by atoms with Crippen LogP contribution in [0.5, 0.6) is 0 Å².